The fourth-order valence-electron chi connectivity index (χ4n) is 3.75. The van der Waals surface area contributed by atoms with Crippen molar-refractivity contribution in [3.05, 3.63) is 77.5 Å². The predicted molar refractivity (Wildman–Crippen MR) is 92.2 cm³/mol. The Morgan fingerprint density at radius 2 is 1.59 bits per heavy atom. The fraction of sp³-hybridized carbons (Fsp3) is 0.0952. The number of hydrogen-bond donors (Lipinski definition) is 0. The first-order valence-corrected chi connectivity index (χ1v) is 7.71. The van der Waals surface area contributed by atoms with Gasteiger partial charge in [0.2, 0.25) is 0 Å². The van der Waals surface area contributed by atoms with Crippen molar-refractivity contribution in [3.8, 4) is 11.1 Å². The highest BCUT2D eigenvalue weighted by molar-refractivity contribution is 6.02. The smallest absolute Gasteiger partial charge is 0.0711 e. The van der Waals surface area contributed by atoms with E-state index < -0.39 is 0 Å². The van der Waals surface area contributed by atoms with Gasteiger partial charge in [0, 0.05) is 17.5 Å². The number of aryl methyl sites for hydroxylation is 1. The van der Waals surface area contributed by atoms with E-state index in [1.54, 1.807) is 0 Å². The normalized spacial score (nSPS) is 12.6. The van der Waals surface area contributed by atoms with Crippen molar-refractivity contribution in [3.63, 3.8) is 0 Å². The van der Waals surface area contributed by atoms with Crippen LogP contribution in [0.5, 0.6) is 0 Å². The predicted octanol–water partition coefficient (Wildman–Crippen LogP) is 5.27. The highest BCUT2D eigenvalue weighted by Crippen LogP contribution is 2.43. The lowest BCUT2D eigenvalue weighted by Crippen LogP contribution is -1.92. The molecule has 104 valence electrons. The summed E-state index contributed by atoms with van der Waals surface area (Å²) in [5.74, 6) is 0. The molecule has 1 nitrogen and oxygen atoms in total. The molecule has 22 heavy (non-hydrogen) atoms. The summed E-state index contributed by atoms with van der Waals surface area (Å²) >= 11 is 0. The van der Waals surface area contributed by atoms with Crippen molar-refractivity contribution in [1.82, 2.24) is 4.98 Å². The summed E-state index contributed by atoms with van der Waals surface area (Å²) in [6, 6.07) is 21.8. The quantitative estimate of drug-likeness (QED) is 0.377. The molecule has 0 saturated carbocycles. The summed E-state index contributed by atoms with van der Waals surface area (Å²) < 4.78 is 0. The van der Waals surface area contributed by atoms with Crippen LogP contribution in [0, 0.1) is 6.92 Å². The van der Waals surface area contributed by atoms with Crippen molar-refractivity contribution < 1.29 is 0 Å². The lowest BCUT2D eigenvalue weighted by molar-refractivity contribution is 1.14. The van der Waals surface area contributed by atoms with Gasteiger partial charge in [-0.1, -0.05) is 48.5 Å². The second-order valence-electron chi connectivity index (χ2n) is 6.10. The van der Waals surface area contributed by atoms with E-state index in [1.807, 2.05) is 0 Å². The molecule has 1 heterocycles. The number of benzene rings is 3. The number of hydrogen-bond acceptors (Lipinski definition) is 1. The zero-order valence-corrected chi connectivity index (χ0v) is 12.4. The van der Waals surface area contributed by atoms with Gasteiger partial charge in [-0.15, -0.1) is 0 Å². The third-order valence-corrected chi connectivity index (χ3v) is 4.81. The maximum absolute atomic E-state index is 4.80. The maximum Gasteiger partial charge on any atom is 0.0711 e. The largest absolute Gasteiger partial charge is 0.253 e. The van der Waals surface area contributed by atoms with E-state index >= 15 is 0 Å². The molecule has 1 aromatic heterocycles. The van der Waals surface area contributed by atoms with Gasteiger partial charge in [0.05, 0.1) is 5.52 Å². The van der Waals surface area contributed by atoms with Crippen LogP contribution >= 0.6 is 0 Å². The standard InChI is InChI=1S/C21H15N/c1-13-18-12-16-10-14-6-2-3-7-15(14)11-19(16)21(18)17-8-4-5-9-20(17)22-13/h2-11H,12H2,1H3. The minimum Gasteiger partial charge on any atom is -0.253 e. The Labute approximate surface area is 129 Å². The Hall–Kier alpha value is -2.67. The molecule has 0 unspecified atom stereocenters. The van der Waals surface area contributed by atoms with Crippen LogP contribution in [0.1, 0.15) is 16.8 Å². The van der Waals surface area contributed by atoms with Gasteiger partial charge < -0.3 is 0 Å². The van der Waals surface area contributed by atoms with Crippen LogP contribution in [0.15, 0.2) is 60.7 Å². The van der Waals surface area contributed by atoms with Gasteiger partial charge in [-0.3, -0.25) is 4.98 Å². The third kappa shape index (κ3) is 1.51. The molecular formula is C21H15N. The van der Waals surface area contributed by atoms with Crippen molar-refractivity contribution >= 4 is 21.7 Å². The van der Waals surface area contributed by atoms with E-state index in [4.69, 9.17) is 4.98 Å². The number of para-hydroxylation sites is 1. The first-order valence-electron chi connectivity index (χ1n) is 7.71. The molecule has 3 aromatic carbocycles. The summed E-state index contributed by atoms with van der Waals surface area (Å²) in [4.78, 5) is 4.80. The van der Waals surface area contributed by atoms with Crippen LogP contribution in [0.3, 0.4) is 0 Å². The van der Waals surface area contributed by atoms with Crippen LogP contribution in [-0.2, 0) is 6.42 Å². The second-order valence-corrected chi connectivity index (χ2v) is 6.10. The van der Waals surface area contributed by atoms with Crippen LogP contribution in [0.25, 0.3) is 32.8 Å². The molecule has 0 aliphatic heterocycles. The summed E-state index contributed by atoms with van der Waals surface area (Å²) in [7, 11) is 0. The number of pyridine rings is 1. The molecule has 4 aromatic rings. The zero-order chi connectivity index (χ0) is 14.7. The van der Waals surface area contributed by atoms with Gasteiger partial charge in [-0.05, 0) is 52.1 Å². The van der Waals surface area contributed by atoms with Crippen LogP contribution < -0.4 is 0 Å². The Bertz CT molecular complexity index is 1060. The molecule has 0 atom stereocenters. The van der Waals surface area contributed by atoms with Crippen molar-refractivity contribution in [2.24, 2.45) is 0 Å². The van der Waals surface area contributed by atoms with E-state index in [2.05, 4.69) is 67.6 Å². The zero-order valence-electron chi connectivity index (χ0n) is 12.4. The van der Waals surface area contributed by atoms with Crippen LogP contribution in [0.2, 0.25) is 0 Å². The van der Waals surface area contributed by atoms with E-state index in [-0.39, 0.29) is 0 Å². The highest BCUT2D eigenvalue weighted by Gasteiger charge is 2.23. The molecule has 0 saturated heterocycles. The molecule has 0 N–H and O–H groups in total. The highest BCUT2D eigenvalue weighted by atomic mass is 14.7. The minimum atomic E-state index is 0.999. The molecule has 0 fully saturated rings. The van der Waals surface area contributed by atoms with E-state index in [9.17, 15) is 0 Å². The number of rotatable bonds is 0. The topological polar surface area (TPSA) is 12.9 Å². The van der Waals surface area contributed by atoms with Crippen LogP contribution in [-0.4, -0.2) is 4.98 Å². The van der Waals surface area contributed by atoms with E-state index in [0.717, 1.165) is 17.6 Å². The van der Waals surface area contributed by atoms with Gasteiger partial charge in [-0.25, -0.2) is 0 Å². The van der Waals surface area contributed by atoms with E-state index in [0.29, 0.717) is 0 Å². The SMILES string of the molecule is Cc1nc2ccccc2c2c1Cc1cc3ccccc3cc1-2. The summed E-state index contributed by atoms with van der Waals surface area (Å²) in [5.41, 5.74) is 7.85. The van der Waals surface area contributed by atoms with Gasteiger partial charge in [0.25, 0.3) is 0 Å². The summed E-state index contributed by atoms with van der Waals surface area (Å²) in [6.45, 7) is 2.14. The number of fused-ring (bicyclic) bond motifs is 6. The lowest BCUT2D eigenvalue weighted by atomic mass is 9.98. The monoisotopic (exact) mass is 281 g/mol. The first kappa shape index (κ1) is 11.9. The molecule has 1 aliphatic carbocycles. The fourth-order valence-corrected chi connectivity index (χ4v) is 3.75. The summed E-state index contributed by atoms with van der Waals surface area (Å²) in [6.07, 6.45) is 0.999. The third-order valence-electron chi connectivity index (χ3n) is 4.81. The van der Waals surface area contributed by atoms with Crippen molar-refractivity contribution in [1.29, 1.82) is 0 Å². The van der Waals surface area contributed by atoms with Gasteiger partial charge >= 0.3 is 0 Å². The summed E-state index contributed by atoms with van der Waals surface area (Å²) in [5, 5.41) is 3.91. The molecule has 0 amide bonds. The average Bonchev–Trinajstić information content (AvgIpc) is 2.92. The minimum absolute atomic E-state index is 0.999. The van der Waals surface area contributed by atoms with Crippen molar-refractivity contribution in [2.75, 3.05) is 0 Å². The lowest BCUT2D eigenvalue weighted by Gasteiger charge is -2.09. The molecule has 0 spiro atoms. The number of aromatic nitrogens is 1. The Morgan fingerprint density at radius 1 is 0.864 bits per heavy atom. The Balaban J connectivity index is 1.94. The average molecular weight is 281 g/mol. The van der Waals surface area contributed by atoms with Crippen molar-refractivity contribution in [2.45, 2.75) is 13.3 Å². The Morgan fingerprint density at radius 3 is 2.45 bits per heavy atom. The molecule has 0 radical (unpaired) electrons. The molecule has 1 heteroatoms. The maximum atomic E-state index is 4.80. The second kappa shape index (κ2) is 4.17. The first-order chi connectivity index (χ1) is 10.8. The van der Waals surface area contributed by atoms with Gasteiger partial charge in [0.15, 0.2) is 0 Å². The number of nitrogens with zero attached hydrogens (tertiary/aromatic N) is 1. The molecule has 0 bridgehead atoms. The van der Waals surface area contributed by atoms with Gasteiger partial charge in [0.1, 0.15) is 0 Å². The van der Waals surface area contributed by atoms with Crippen LogP contribution in [0.4, 0.5) is 0 Å². The molecular weight excluding hydrogens is 266 g/mol. The van der Waals surface area contributed by atoms with E-state index in [1.165, 1.54) is 38.4 Å². The van der Waals surface area contributed by atoms with Gasteiger partial charge in [-0.2, -0.15) is 0 Å². The Kier molecular flexibility index (Phi) is 2.26. The molecule has 1 aliphatic rings. The molecule has 5 rings (SSSR count).